The molecule has 2 fully saturated rings. The smallest absolute Gasteiger partial charge is 0.222 e. The number of ether oxygens (including phenoxy) is 2. The Hall–Kier alpha value is -0.650. The second-order valence-electron chi connectivity index (χ2n) is 5.36. The van der Waals surface area contributed by atoms with Gasteiger partial charge in [0, 0.05) is 13.2 Å². The monoisotopic (exact) mass is 270 g/mol. The Bertz CT molecular complexity index is 261. The van der Waals surface area contributed by atoms with Crippen LogP contribution in [0.1, 0.15) is 38.5 Å². The highest BCUT2D eigenvalue weighted by atomic mass is 16.5. The normalized spacial score (nSPS) is 25.2. The Labute approximate surface area is 115 Å². The number of rotatable bonds is 6. The first-order valence-electron chi connectivity index (χ1n) is 7.55. The van der Waals surface area contributed by atoms with E-state index in [0.717, 1.165) is 45.4 Å². The summed E-state index contributed by atoms with van der Waals surface area (Å²) in [5.41, 5.74) is 0. The summed E-state index contributed by atoms with van der Waals surface area (Å²) in [5, 5.41) is 6.22. The zero-order chi connectivity index (χ0) is 13.3. The molecule has 19 heavy (non-hydrogen) atoms. The first kappa shape index (κ1) is 14.8. The predicted molar refractivity (Wildman–Crippen MR) is 73.1 cm³/mol. The van der Waals surface area contributed by atoms with Crippen LogP contribution in [-0.4, -0.2) is 51.0 Å². The van der Waals surface area contributed by atoms with Crippen LogP contribution < -0.4 is 10.6 Å². The molecule has 2 heterocycles. The Morgan fingerprint density at radius 3 is 2.84 bits per heavy atom. The lowest BCUT2D eigenvalue weighted by Gasteiger charge is -2.23. The molecular weight excluding hydrogens is 244 g/mol. The third-order valence-electron chi connectivity index (χ3n) is 3.75. The average molecular weight is 270 g/mol. The van der Waals surface area contributed by atoms with Crippen LogP contribution in [0.3, 0.4) is 0 Å². The van der Waals surface area contributed by atoms with Gasteiger partial charge in [-0.05, 0) is 45.2 Å². The van der Waals surface area contributed by atoms with Gasteiger partial charge < -0.3 is 20.1 Å². The van der Waals surface area contributed by atoms with E-state index < -0.39 is 0 Å². The lowest BCUT2D eigenvalue weighted by molar-refractivity contribution is -0.125. The maximum atomic E-state index is 11.7. The third-order valence-corrected chi connectivity index (χ3v) is 3.75. The molecule has 0 spiro atoms. The van der Waals surface area contributed by atoms with Crippen LogP contribution in [0.2, 0.25) is 0 Å². The Morgan fingerprint density at radius 1 is 1.26 bits per heavy atom. The summed E-state index contributed by atoms with van der Waals surface area (Å²) < 4.78 is 11.3. The van der Waals surface area contributed by atoms with Gasteiger partial charge in [-0.1, -0.05) is 0 Å². The standard InChI is InChI=1S/C14H26N2O3/c17-14(11-13-3-1-2-9-18-13)16-8-10-19-12-4-6-15-7-5-12/h12-13,15H,1-11H2,(H,16,17). The van der Waals surface area contributed by atoms with Gasteiger partial charge >= 0.3 is 0 Å². The topological polar surface area (TPSA) is 59.6 Å². The maximum Gasteiger partial charge on any atom is 0.222 e. The minimum absolute atomic E-state index is 0.0841. The maximum absolute atomic E-state index is 11.7. The van der Waals surface area contributed by atoms with E-state index >= 15 is 0 Å². The molecule has 0 saturated carbocycles. The fourth-order valence-electron chi connectivity index (χ4n) is 2.63. The molecular formula is C14H26N2O3. The largest absolute Gasteiger partial charge is 0.378 e. The van der Waals surface area contributed by atoms with Gasteiger partial charge in [-0.3, -0.25) is 4.79 Å². The van der Waals surface area contributed by atoms with Crippen molar-refractivity contribution in [3.05, 3.63) is 0 Å². The van der Waals surface area contributed by atoms with Gasteiger partial charge in [0.1, 0.15) is 0 Å². The highest BCUT2D eigenvalue weighted by Crippen LogP contribution is 2.15. The number of hydrogen-bond donors (Lipinski definition) is 2. The first-order valence-corrected chi connectivity index (χ1v) is 7.55. The molecule has 0 aromatic rings. The molecule has 2 N–H and O–H groups in total. The van der Waals surface area contributed by atoms with Gasteiger partial charge in [0.15, 0.2) is 0 Å². The van der Waals surface area contributed by atoms with Gasteiger partial charge in [-0.25, -0.2) is 0 Å². The molecule has 2 rings (SSSR count). The Kier molecular flexibility index (Phi) is 6.61. The molecule has 2 saturated heterocycles. The number of nitrogens with one attached hydrogen (secondary N) is 2. The third kappa shape index (κ3) is 5.89. The van der Waals surface area contributed by atoms with Crippen molar-refractivity contribution in [2.45, 2.75) is 50.7 Å². The number of piperidine rings is 1. The Morgan fingerprint density at radius 2 is 2.11 bits per heavy atom. The lowest BCUT2D eigenvalue weighted by Crippen LogP contribution is -2.35. The minimum atomic E-state index is 0.0841. The summed E-state index contributed by atoms with van der Waals surface area (Å²) in [6.07, 6.45) is 6.44. The quantitative estimate of drug-likeness (QED) is 0.702. The van der Waals surface area contributed by atoms with Crippen LogP contribution >= 0.6 is 0 Å². The van der Waals surface area contributed by atoms with Crippen LogP contribution in [0.15, 0.2) is 0 Å². The van der Waals surface area contributed by atoms with E-state index in [1.165, 1.54) is 6.42 Å². The highest BCUT2D eigenvalue weighted by Gasteiger charge is 2.17. The summed E-state index contributed by atoms with van der Waals surface area (Å²) in [4.78, 5) is 11.7. The van der Waals surface area contributed by atoms with Crippen molar-refractivity contribution in [1.29, 1.82) is 0 Å². The van der Waals surface area contributed by atoms with Crippen molar-refractivity contribution in [2.24, 2.45) is 0 Å². The average Bonchev–Trinajstić information content (AvgIpc) is 2.46. The molecule has 1 atom stereocenters. The summed E-state index contributed by atoms with van der Waals surface area (Å²) in [5.74, 6) is 0.0841. The molecule has 1 unspecified atom stereocenters. The number of amides is 1. The highest BCUT2D eigenvalue weighted by molar-refractivity contribution is 5.76. The van der Waals surface area contributed by atoms with E-state index in [0.29, 0.717) is 25.7 Å². The van der Waals surface area contributed by atoms with Crippen molar-refractivity contribution in [2.75, 3.05) is 32.8 Å². The van der Waals surface area contributed by atoms with E-state index in [1.807, 2.05) is 0 Å². The van der Waals surface area contributed by atoms with Crippen LogP contribution in [0.25, 0.3) is 0 Å². The van der Waals surface area contributed by atoms with E-state index in [-0.39, 0.29) is 12.0 Å². The summed E-state index contributed by atoms with van der Waals surface area (Å²) in [6, 6.07) is 0. The van der Waals surface area contributed by atoms with Gasteiger partial charge in [0.25, 0.3) is 0 Å². The number of hydrogen-bond acceptors (Lipinski definition) is 4. The van der Waals surface area contributed by atoms with Gasteiger partial charge in [0.2, 0.25) is 5.91 Å². The van der Waals surface area contributed by atoms with Crippen molar-refractivity contribution in [3.8, 4) is 0 Å². The fraction of sp³-hybridized carbons (Fsp3) is 0.929. The van der Waals surface area contributed by atoms with Crippen LogP contribution in [0, 0.1) is 0 Å². The van der Waals surface area contributed by atoms with Crippen molar-refractivity contribution < 1.29 is 14.3 Å². The molecule has 0 bridgehead atoms. The summed E-state index contributed by atoms with van der Waals surface area (Å²) >= 11 is 0. The van der Waals surface area contributed by atoms with Crippen LogP contribution in [0.4, 0.5) is 0 Å². The van der Waals surface area contributed by atoms with Crippen LogP contribution in [0.5, 0.6) is 0 Å². The van der Waals surface area contributed by atoms with Crippen molar-refractivity contribution in [3.63, 3.8) is 0 Å². The SMILES string of the molecule is O=C(CC1CCCCO1)NCCOC1CCNCC1. The minimum Gasteiger partial charge on any atom is -0.378 e. The van der Waals surface area contributed by atoms with E-state index in [4.69, 9.17) is 9.47 Å². The fourth-order valence-corrected chi connectivity index (χ4v) is 2.63. The van der Waals surface area contributed by atoms with Crippen LogP contribution in [-0.2, 0) is 14.3 Å². The summed E-state index contributed by atoms with van der Waals surface area (Å²) in [7, 11) is 0. The lowest BCUT2D eigenvalue weighted by atomic mass is 10.1. The van der Waals surface area contributed by atoms with Gasteiger partial charge in [-0.15, -0.1) is 0 Å². The molecule has 0 aromatic carbocycles. The zero-order valence-electron chi connectivity index (χ0n) is 11.7. The molecule has 0 radical (unpaired) electrons. The number of carbonyl (C=O) groups is 1. The van der Waals surface area contributed by atoms with Crippen molar-refractivity contribution >= 4 is 5.91 Å². The predicted octanol–water partition coefficient (Wildman–Crippen LogP) is 0.830. The van der Waals surface area contributed by atoms with Gasteiger partial charge in [-0.2, -0.15) is 0 Å². The molecule has 0 aliphatic carbocycles. The Balaban J connectivity index is 1.48. The molecule has 5 nitrogen and oxygen atoms in total. The first-order chi connectivity index (χ1) is 9.34. The van der Waals surface area contributed by atoms with Gasteiger partial charge in [0.05, 0.1) is 25.2 Å². The molecule has 5 heteroatoms. The van der Waals surface area contributed by atoms with E-state index in [9.17, 15) is 4.79 Å². The molecule has 1 amide bonds. The summed E-state index contributed by atoms with van der Waals surface area (Å²) in [6.45, 7) is 4.10. The van der Waals surface area contributed by atoms with Crippen molar-refractivity contribution in [1.82, 2.24) is 10.6 Å². The number of carbonyl (C=O) groups excluding carboxylic acids is 1. The molecule has 0 aromatic heterocycles. The second-order valence-corrected chi connectivity index (χ2v) is 5.36. The second kappa shape index (κ2) is 8.51. The molecule has 2 aliphatic heterocycles. The molecule has 2 aliphatic rings. The molecule has 110 valence electrons. The van der Waals surface area contributed by atoms with E-state index in [2.05, 4.69) is 10.6 Å². The van der Waals surface area contributed by atoms with E-state index in [1.54, 1.807) is 0 Å². The zero-order valence-corrected chi connectivity index (χ0v) is 11.7.